The number of halogens is 1. The summed E-state index contributed by atoms with van der Waals surface area (Å²) in [5.41, 5.74) is 2.23. The Labute approximate surface area is 154 Å². The van der Waals surface area contributed by atoms with Crippen LogP contribution in [0.1, 0.15) is 12.5 Å². The lowest BCUT2D eigenvalue weighted by Crippen LogP contribution is -2.43. The number of nitrogens with zero attached hydrogens (tertiary/aromatic N) is 3. The van der Waals surface area contributed by atoms with E-state index in [9.17, 15) is 0 Å². The lowest BCUT2D eigenvalue weighted by molar-refractivity contribution is 0.179. The summed E-state index contributed by atoms with van der Waals surface area (Å²) in [5.74, 6) is 0.765. The van der Waals surface area contributed by atoms with Gasteiger partial charge in [-0.25, -0.2) is 4.68 Å². The minimum atomic E-state index is 0. The minimum absolute atomic E-state index is 0. The van der Waals surface area contributed by atoms with Gasteiger partial charge in [-0.2, -0.15) is 5.10 Å². The van der Waals surface area contributed by atoms with Crippen LogP contribution in [-0.2, 0) is 11.3 Å². The van der Waals surface area contributed by atoms with Crippen LogP contribution in [0.5, 0.6) is 0 Å². The van der Waals surface area contributed by atoms with Crippen LogP contribution in [0.3, 0.4) is 0 Å². The van der Waals surface area contributed by atoms with Crippen molar-refractivity contribution in [2.24, 2.45) is 4.99 Å². The fraction of sp³-hybridized carbons (Fsp3) is 0.375. The Morgan fingerprint density at radius 2 is 2.09 bits per heavy atom. The van der Waals surface area contributed by atoms with Crippen LogP contribution in [-0.4, -0.2) is 42.5 Å². The van der Waals surface area contributed by atoms with Crippen molar-refractivity contribution in [3.63, 3.8) is 0 Å². The molecule has 2 N–H and O–H groups in total. The SMILES string of the molecule is CN=C(NCc1ccc(-n2cccn2)cc1)NC(C)COC.I. The van der Waals surface area contributed by atoms with Crippen molar-refractivity contribution in [1.29, 1.82) is 0 Å². The number of methoxy groups -OCH3 is 1. The Hall–Kier alpha value is -1.61. The van der Waals surface area contributed by atoms with E-state index in [1.165, 1.54) is 5.56 Å². The molecule has 0 bridgehead atoms. The summed E-state index contributed by atoms with van der Waals surface area (Å²) >= 11 is 0. The minimum Gasteiger partial charge on any atom is -0.383 e. The van der Waals surface area contributed by atoms with Gasteiger partial charge in [-0.1, -0.05) is 12.1 Å². The van der Waals surface area contributed by atoms with Crippen LogP contribution in [0.25, 0.3) is 5.69 Å². The van der Waals surface area contributed by atoms with Crippen LogP contribution >= 0.6 is 24.0 Å². The molecule has 0 fully saturated rings. The number of aliphatic imine (C=N–C) groups is 1. The summed E-state index contributed by atoms with van der Waals surface area (Å²) in [7, 11) is 3.45. The second-order valence-corrected chi connectivity index (χ2v) is 5.04. The van der Waals surface area contributed by atoms with E-state index >= 15 is 0 Å². The van der Waals surface area contributed by atoms with Crippen LogP contribution in [0, 0.1) is 0 Å². The molecule has 7 heteroatoms. The van der Waals surface area contributed by atoms with E-state index in [0.717, 1.165) is 11.6 Å². The van der Waals surface area contributed by atoms with Gasteiger partial charge in [-0.15, -0.1) is 24.0 Å². The van der Waals surface area contributed by atoms with Crippen molar-refractivity contribution in [2.45, 2.75) is 19.5 Å². The van der Waals surface area contributed by atoms with E-state index in [4.69, 9.17) is 4.74 Å². The average molecular weight is 429 g/mol. The third kappa shape index (κ3) is 6.19. The molecule has 1 aromatic carbocycles. The molecule has 1 atom stereocenters. The molecule has 2 aromatic rings. The summed E-state index contributed by atoms with van der Waals surface area (Å²) in [6.07, 6.45) is 3.70. The van der Waals surface area contributed by atoms with Gasteiger partial charge in [0.1, 0.15) is 0 Å². The van der Waals surface area contributed by atoms with Crippen LogP contribution in [0.2, 0.25) is 0 Å². The molecular weight excluding hydrogens is 405 g/mol. The summed E-state index contributed by atoms with van der Waals surface area (Å²) in [6, 6.07) is 10.4. The van der Waals surface area contributed by atoms with Gasteiger partial charge >= 0.3 is 0 Å². The molecule has 0 amide bonds. The lowest BCUT2D eigenvalue weighted by Gasteiger charge is -2.17. The average Bonchev–Trinajstić information content (AvgIpc) is 3.06. The number of ether oxygens (including phenoxy) is 1. The monoisotopic (exact) mass is 429 g/mol. The molecule has 23 heavy (non-hydrogen) atoms. The standard InChI is InChI=1S/C16H23N5O.HI/c1-13(12-22-3)20-16(17-2)18-11-14-5-7-15(8-6-14)21-10-4-9-19-21;/h4-10,13H,11-12H2,1-3H3,(H2,17,18,20);1H. The predicted molar refractivity (Wildman–Crippen MR) is 104 cm³/mol. The molecule has 1 heterocycles. The summed E-state index contributed by atoms with van der Waals surface area (Å²) in [6.45, 7) is 3.40. The van der Waals surface area contributed by atoms with E-state index in [-0.39, 0.29) is 30.0 Å². The molecule has 0 saturated heterocycles. The van der Waals surface area contributed by atoms with E-state index in [2.05, 4.69) is 39.8 Å². The molecule has 0 aliphatic carbocycles. The summed E-state index contributed by atoms with van der Waals surface area (Å²) in [5, 5.41) is 10.8. The number of hydrogen-bond acceptors (Lipinski definition) is 3. The number of nitrogens with one attached hydrogen (secondary N) is 2. The fourth-order valence-corrected chi connectivity index (χ4v) is 2.09. The van der Waals surface area contributed by atoms with E-state index < -0.39 is 0 Å². The van der Waals surface area contributed by atoms with Gasteiger partial charge in [0.15, 0.2) is 5.96 Å². The highest BCUT2D eigenvalue weighted by Crippen LogP contribution is 2.08. The van der Waals surface area contributed by atoms with Gasteiger partial charge in [0.05, 0.1) is 12.3 Å². The molecule has 0 aliphatic rings. The van der Waals surface area contributed by atoms with Gasteiger partial charge in [-0.05, 0) is 30.7 Å². The molecule has 0 saturated carbocycles. The lowest BCUT2D eigenvalue weighted by atomic mass is 10.2. The number of hydrogen-bond donors (Lipinski definition) is 2. The van der Waals surface area contributed by atoms with Crippen molar-refractivity contribution in [3.05, 3.63) is 48.3 Å². The van der Waals surface area contributed by atoms with Gasteiger partial charge in [0.2, 0.25) is 0 Å². The third-order valence-corrected chi connectivity index (χ3v) is 3.19. The molecular formula is C16H24IN5O. The van der Waals surface area contributed by atoms with Crippen molar-refractivity contribution in [2.75, 3.05) is 20.8 Å². The highest BCUT2D eigenvalue weighted by Gasteiger charge is 2.04. The normalized spacial score (nSPS) is 12.4. The molecule has 2 rings (SSSR count). The van der Waals surface area contributed by atoms with Crippen LogP contribution in [0.15, 0.2) is 47.7 Å². The smallest absolute Gasteiger partial charge is 0.191 e. The summed E-state index contributed by atoms with van der Waals surface area (Å²) < 4.78 is 6.94. The van der Waals surface area contributed by atoms with Crippen molar-refractivity contribution >= 4 is 29.9 Å². The molecule has 1 unspecified atom stereocenters. The quantitative estimate of drug-likeness (QED) is 0.420. The van der Waals surface area contributed by atoms with Gasteiger partial charge in [-0.3, -0.25) is 4.99 Å². The Morgan fingerprint density at radius 3 is 2.65 bits per heavy atom. The number of guanidine groups is 1. The first-order valence-corrected chi connectivity index (χ1v) is 7.28. The summed E-state index contributed by atoms with van der Waals surface area (Å²) in [4.78, 5) is 4.21. The number of rotatable bonds is 6. The second-order valence-electron chi connectivity index (χ2n) is 5.04. The third-order valence-electron chi connectivity index (χ3n) is 3.19. The predicted octanol–water partition coefficient (Wildman–Crippen LogP) is 2.19. The first kappa shape index (κ1) is 19.4. The van der Waals surface area contributed by atoms with E-state index in [1.807, 2.05) is 29.1 Å². The zero-order valence-electron chi connectivity index (χ0n) is 13.7. The topological polar surface area (TPSA) is 63.5 Å². The Kier molecular flexibility index (Phi) is 8.64. The van der Waals surface area contributed by atoms with Gasteiger partial charge in [0.25, 0.3) is 0 Å². The van der Waals surface area contributed by atoms with E-state index in [0.29, 0.717) is 13.2 Å². The van der Waals surface area contributed by atoms with Crippen molar-refractivity contribution < 1.29 is 4.74 Å². The zero-order chi connectivity index (χ0) is 15.8. The zero-order valence-corrected chi connectivity index (χ0v) is 16.0. The number of benzene rings is 1. The van der Waals surface area contributed by atoms with Crippen molar-refractivity contribution in [3.8, 4) is 5.69 Å². The Balaban J connectivity index is 0.00000264. The number of aromatic nitrogens is 2. The van der Waals surface area contributed by atoms with Gasteiger partial charge in [0, 0.05) is 39.1 Å². The molecule has 0 spiro atoms. The molecule has 126 valence electrons. The first-order valence-electron chi connectivity index (χ1n) is 7.28. The highest BCUT2D eigenvalue weighted by molar-refractivity contribution is 14.0. The second kappa shape index (κ2) is 10.2. The van der Waals surface area contributed by atoms with Crippen molar-refractivity contribution in [1.82, 2.24) is 20.4 Å². The maximum Gasteiger partial charge on any atom is 0.191 e. The molecule has 6 nitrogen and oxygen atoms in total. The maximum atomic E-state index is 5.11. The maximum absolute atomic E-state index is 5.11. The molecule has 0 aliphatic heterocycles. The Morgan fingerprint density at radius 1 is 1.35 bits per heavy atom. The van der Waals surface area contributed by atoms with Crippen LogP contribution < -0.4 is 10.6 Å². The van der Waals surface area contributed by atoms with Gasteiger partial charge < -0.3 is 15.4 Å². The molecule has 0 radical (unpaired) electrons. The highest BCUT2D eigenvalue weighted by atomic mass is 127. The fourth-order valence-electron chi connectivity index (χ4n) is 2.09. The van der Waals surface area contributed by atoms with E-state index in [1.54, 1.807) is 20.4 Å². The largest absolute Gasteiger partial charge is 0.383 e. The Bertz CT molecular complexity index is 583. The molecule has 1 aromatic heterocycles. The van der Waals surface area contributed by atoms with Crippen LogP contribution in [0.4, 0.5) is 0 Å². The first-order chi connectivity index (χ1) is 10.7.